The van der Waals surface area contributed by atoms with Crippen LogP contribution in [0.25, 0.3) is 0 Å². The Bertz CT molecular complexity index is 415. The Hall–Kier alpha value is -1.22. The lowest BCUT2D eigenvalue weighted by molar-refractivity contribution is 0.310. The molecular formula is C17H27NO2. The normalized spacial score (nSPS) is 15.9. The summed E-state index contributed by atoms with van der Waals surface area (Å²) in [5.74, 6) is 2.62. The van der Waals surface area contributed by atoms with Gasteiger partial charge in [0, 0.05) is 12.6 Å². The van der Waals surface area contributed by atoms with Gasteiger partial charge in [-0.15, -0.1) is 0 Å². The van der Waals surface area contributed by atoms with E-state index in [2.05, 4.69) is 24.4 Å². The molecule has 1 unspecified atom stereocenters. The van der Waals surface area contributed by atoms with Crippen LogP contribution in [0, 0.1) is 5.92 Å². The highest BCUT2D eigenvalue weighted by molar-refractivity contribution is 5.42. The summed E-state index contributed by atoms with van der Waals surface area (Å²) in [6.07, 6.45) is 5.37. The van der Waals surface area contributed by atoms with E-state index in [0.29, 0.717) is 12.6 Å². The van der Waals surface area contributed by atoms with Gasteiger partial charge in [-0.1, -0.05) is 25.8 Å². The molecule has 1 aliphatic carbocycles. The summed E-state index contributed by atoms with van der Waals surface area (Å²) in [5, 5.41) is 3.66. The molecule has 1 fully saturated rings. The molecule has 0 saturated heterocycles. The van der Waals surface area contributed by atoms with E-state index < -0.39 is 0 Å². The molecule has 0 aliphatic heterocycles. The van der Waals surface area contributed by atoms with Crippen LogP contribution in [0.1, 0.15) is 45.1 Å². The molecule has 0 amide bonds. The first kappa shape index (κ1) is 15.2. The third-order valence-electron chi connectivity index (χ3n) is 3.93. The smallest absolute Gasteiger partial charge is 0.161 e. The predicted octanol–water partition coefficient (Wildman–Crippen LogP) is 3.76. The van der Waals surface area contributed by atoms with Gasteiger partial charge in [-0.2, -0.15) is 0 Å². The maximum atomic E-state index is 5.55. The van der Waals surface area contributed by atoms with Crippen LogP contribution in [0.15, 0.2) is 18.2 Å². The summed E-state index contributed by atoms with van der Waals surface area (Å²) < 4.78 is 10.9. The van der Waals surface area contributed by atoms with Gasteiger partial charge in [-0.05, 0) is 43.4 Å². The highest BCUT2D eigenvalue weighted by Crippen LogP contribution is 2.34. The Labute approximate surface area is 122 Å². The minimum atomic E-state index is 0.639. The predicted molar refractivity (Wildman–Crippen MR) is 82.4 cm³/mol. The van der Waals surface area contributed by atoms with E-state index in [-0.39, 0.29) is 0 Å². The van der Waals surface area contributed by atoms with Crippen molar-refractivity contribution in [3.05, 3.63) is 23.8 Å². The van der Waals surface area contributed by atoms with Gasteiger partial charge in [0.25, 0.3) is 0 Å². The number of rotatable bonds is 9. The third-order valence-corrected chi connectivity index (χ3v) is 3.93. The molecule has 1 aliphatic rings. The second kappa shape index (κ2) is 7.53. The molecule has 1 aromatic rings. The maximum absolute atomic E-state index is 5.55. The molecule has 1 N–H and O–H groups in total. The van der Waals surface area contributed by atoms with Crippen LogP contribution in [-0.4, -0.2) is 19.8 Å². The Balaban J connectivity index is 1.90. The molecule has 112 valence electrons. The van der Waals surface area contributed by atoms with E-state index >= 15 is 0 Å². The van der Waals surface area contributed by atoms with E-state index in [0.717, 1.165) is 24.0 Å². The van der Waals surface area contributed by atoms with Crippen LogP contribution in [-0.2, 0) is 6.54 Å². The van der Waals surface area contributed by atoms with Crippen molar-refractivity contribution in [3.8, 4) is 11.5 Å². The summed E-state index contributed by atoms with van der Waals surface area (Å²) >= 11 is 0. The first-order valence-electron chi connectivity index (χ1n) is 7.79. The number of ether oxygens (including phenoxy) is 2. The standard InChI is InChI=1S/C17H27NO2/c1-4-15(10-13-6-7-13)18-12-14-8-9-16(20-5-2)17(11-14)19-3/h8-9,11,13,15,18H,4-7,10,12H2,1-3H3. The summed E-state index contributed by atoms with van der Waals surface area (Å²) in [6.45, 7) is 5.80. The van der Waals surface area contributed by atoms with E-state index in [1.807, 2.05) is 13.0 Å². The van der Waals surface area contributed by atoms with Gasteiger partial charge in [0.15, 0.2) is 11.5 Å². The lowest BCUT2D eigenvalue weighted by atomic mass is 10.1. The fourth-order valence-electron chi connectivity index (χ4n) is 2.51. The number of methoxy groups -OCH3 is 1. The van der Waals surface area contributed by atoms with Crippen molar-refractivity contribution in [3.63, 3.8) is 0 Å². The summed E-state index contributed by atoms with van der Waals surface area (Å²) in [5.41, 5.74) is 1.25. The summed E-state index contributed by atoms with van der Waals surface area (Å²) in [4.78, 5) is 0. The zero-order valence-corrected chi connectivity index (χ0v) is 12.9. The quantitative estimate of drug-likeness (QED) is 0.745. The monoisotopic (exact) mass is 277 g/mol. The average molecular weight is 277 g/mol. The van der Waals surface area contributed by atoms with Crippen molar-refractivity contribution in [2.24, 2.45) is 5.92 Å². The van der Waals surface area contributed by atoms with Crippen LogP contribution in [0.2, 0.25) is 0 Å². The number of hydrogen-bond donors (Lipinski definition) is 1. The molecule has 1 atom stereocenters. The molecule has 3 nitrogen and oxygen atoms in total. The molecule has 0 spiro atoms. The fourth-order valence-corrected chi connectivity index (χ4v) is 2.51. The largest absolute Gasteiger partial charge is 0.493 e. The molecule has 2 rings (SSSR count). The van der Waals surface area contributed by atoms with Crippen molar-refractivity contribution in [1.29, 1.82) is 0 Å². The van der Waals surface area contributed by atoms with Crippen LogP contribution in [0.5, 0.6) is 11.5 Å². The summed E-state index contributed by atoms with van der Waals surface area (Å²) in [6, 6.07) is 6.83. The van der Waals surface area contributed by atoms with Crippen LogP contribution < -0.4 is 14.8 Å². The Morgan fingerprint density at radius 1 is 1.25 bits per heavy atom. The molecule has 0 aromatic heterocycles. The second-order valence-electron chi connectivity index (χ2n) is 5.58. The average Bonchev–Trinajstić information content (AvgIpc) is 3.28. The minimum absolute atomic E-state index is 0.639. The highest BCUT2D eigenvalue weighted by Gasteiger charge is 2.24. The lowest BCUT2D eigenvalue weighted by Crippen LogP contribution is -2.28. The Morgan fingerprint density at radius 2 is 2.05 bits per heavy atom. The maximum Gasteiger partial charge on any atom is 0.161 e. The first-order chi connectivity index (χ1) is 9.76. The molecule has 1 aromatic carbocycles. The van der Waals surface area contributed by atoms with Gasteiger partial charge in [0.1, 0.15) is 0 Å². The van der Waals surface area contributed by atoms with E-state index in [1.165, 1.54) is 31.2 Å². The van der Waals surface area contributed by atoms with Gasteiger partial charge in [0.2, 0.25) is 0 Å². The molecule has 0 heterocycles. The SMILES string of the molecule is CCOc1ccc(CNC(CC)CC2CC2)cc1OC. The van der Waals surface area contributed by atoms with Crippen LogP contribution in [0.3, 0.4) is 0 Å². The topological polar surface area (TPSA) is 30.5 Å². The van der Waals surface area contributed by atoms with Crippen LogP contribution in [0.4, 0.5) is 0 Å². The molecule has 20 heavy (non-hydrogen) atoms. The van der Waals surface area contributed by atoms with Crippen molar-refractivity contribution in [2.45, 2.75) is 52.1 Å². The van der Waals surface area contributed by atoms with Crippen molar-refractivity contribution >= 4 is 0 Å². The van der Waals surface area contributed by atoms with Gasteiger partial charge in [-0.25, -0.2) is 0 Å². The van der Waals surface area contributed by atoms with Gasteiger partial charge < -0.3 is 14.8 Å². The molecule has 0 bridgehead atoms. The zero-order chi connectivity index (χ0) is 14.4. The first-order valence-corrected chi connectivity index (χ1v) is 7.79. The number of benzene rings is 1. The van der Waals surface area contributed by atoms with Crippen molar-refractivity contribution < 1.29 is 9.47 Å². The molecule has 1 saturated carbocycles. The second-order valence-corrected chi connectivity index (χ2v) is 5.58. The van der Waals surface area contributed by atoms with Gasteiger partial charge in [0.05, 0.1) is 13.7 Å². The van der Waals surface area contributed by atoms with Gasteiger partial charge in [-0.3, -0.25) is 0 Å². The molecular weight excluding hydrogens is 250 g/mol. The lowest BCUT2D eigenvalue weighted by Gasteiger charge is -2.17. The molecule has 3 heteroatoms. The Morgan fingerprint density at radius 3 is 2.65 bits per heavy atom. The minimum Gasteiger partial charge on any atom is -0.493 e. The van der Waals surface area contributed by atoms with Gasteiger partial charge >= 0.3 is 0 Å². The van der Waals surface area contributed by atoms with E-state index in [9.17, 15) is 0 Å². The van der Waals surface area contributed by atoms with E-state index in [4.69, 9.17) is 9.47 Å². The third kappa shape index (κ3) is 4.41. The number of nitrogens with one attached hydrogen (secondary N) is 1. The highest BCUT2D eigenvalue weighted by atomic mass is 16.5. The fraction of sp³-hybridized carbons (Fsp3) is 0.647. The molecule has 0 radical (unpaired) electrons. The Kier molecular flexibility index (Phi) is 5.72. The summed E-state index contributed by atoms with van der Waals surface area (Å²) in [7, 11) is 1.69. The zero-order valence-electron chi connectivity index (χ0n) is 12.9. The van der Waals surface area contributed by atoms with Crippen molar-refractivity contribution in [1.82, 2.24) is 5.32 Å². The number of hydrogen-bond acceptors (Lipinski definition) is 3. The van der Waals surface area contributed by atoms with E-state index in [1.54, 1.807) is 7.11 Å². The van der Waals surface area contributed by atoms with Crippen LogP contribution >= 0.6 is 0 Å². The van der Waals surface area contributed by atoms with Crippen molar-refractivity contribution in [2.75, 3.05) is 13.7 Å².